The third-order valence-corrected chi connectivity index (χ3v) is 11.9. The van der Waals surface area contributed by atoms with Crippen molar-refractivity contribution in [3.05, 3.63) is 171 Å². The molecule has 296 valence electrons. The van der Waals surface area contributed by atoms with Gasteiger partial charge >= 0.3 is 6.09 Å². The number of rotatable bonds is 15. The average molecular weight is 850 g/mol. The number of nitrogens with one attached hydrogen (secondary N) is 2. The zero-order valence-corrected chi connectivity index (χ0v) is 34.9. The van der Waals surface area contributed by atoms with E-state index in [-0.39, 0.29) is 18.0 Å². The van der Waals surface area contributed by atoms with Crippen LogP contribution in [-0.2, 0) is 20.7 Å². The highest BCUT2D eigenvalue weighted by Gasteiger charge is 2.37. The van der Waals surface area contributed by atoms with Gasteiger partial charge in [0, 0.05) is 29.4 Å². The normalized spacial score (nSPS) is 14.5. The second-order valence-corrected chi connectivity index (χ2v) is 17.1. The zero-order chi connectivity index (χ0) is 40.4. The fraction of sp³-hybridized carbons (Fsp3) is 0.283. The van der Waals surface area contributed by atoms with Crippen molar-refractivity contribution in [1.82, 2.24) is 15.8 Å². The summed E-state index contributed by atoms with van der Waals surface area (Å²) in [6.07, 6.45) is 0.925. The SMILES string of the molecule is CC(C)(C)OC(=O)NN(CCCSC(c1ccccc1)(c1ccccc1)c1ccccc1)[C@H]1CCOc2c(C(=O)N[C@@H](Cc3ccc(Br)cc3)C(N)=O)cccc21. The number of para-hydroxylation sites is 1. The van der Waals surface area contributed by atoms with Crippen LogP contribution in [0.1, 0.15) is 77.8 Å². The maximum Gasteiger partial charge on any atom is 0.422 e. The van der Waals surface area contributed by atoms with Gasteiger partial charge in [0.15, 0.2) is 0 Å². The van der Waals surface area contributed by atoms with Crippen LogP contribution in [0.15, 0.2) is 138 Å². The molecular weight excluding hydrogens is 800 g/mol. The van der Waals surface area contributed by atoms with Gasteiger partial charge < -0.3 is 20.5 Å². The molecule has 5 aromatic carbocycles. The lowest BCUT2D eigenvalue weighted by Crippen LogP contribution is -2.48. The summed E-state index contributed by atoms with van der Waals surface area (Å²) in [6, 6.07) is 43.3. The van der Waals surface area contributed by atoms with E-state index in [0.717, 1.165) is 21.4 Å². The highest BCUT2D eigenvalue weighted by molar-refractivity contribution is 9.10. The smallest absolute Gasteiger partial charge is 0.422 e. The summed E-state index contributed by atoms with van der Waals surface area (Å²) in [5.41, 5.74) is 13.5. The summed E-state index contributed by atoms with van der Waals surface area (Å²) in [6.45, 7) is 6.27. The number of hydrogen-bond acceptors (Lipinski definition) is 7. The van der Waals surface area contributed by atoms with E-state index >= 15 is 0 Å². The number of thioether (sulfide) groups is 1. The number of nitrogens with two attached hydrogens (primary N) is 1. The molecule has 1 aliphatic heterocycles. The second-order valence-electron chi connectivity index (χ2n) is 14.9. The molecule has 0 aliphatic carbocycles. The van der Waals surface area contributed by atoms with Crippen LogP contribution in [0.25, 0.3) is 0 Å². The summed E-state index contributed by atoms with van der Waals surface area (Å²) in [4.78, 5) is 39.7. The van der Waals surface area contributed by atoms with E-state index in [0.29, 0.717) is 31.7 Å². The number of carbonyl (C=O) groups excluding carboxylic acids is 3. The number of ether oxygens (including phenoxy) is 2. The van der Waals surface area contributed by atoms with Gasteiger partial charge in [-0.05, 0) is 73.4 Å². The third-order valence-electron chi connectivity index (χ3n) is 9.70. The maximum absolute atomic E-state index is 13.8. The molecular formula is C46H49BrN4O5S. The summed E-state index contributed by atoms with van der Waals surface area (Å²) in [5.74, 6) is 0.0304. The van der Waals surface area contributed by atoms with E-state index in [2.05, 4.69) is 99.5 Å². The molecule has 0 bridgehead atoms. The monoisotopic (exact) mass is 848 g/mol. The second kappa shape index (κ2) is 18.9. The molecule has 0 saturated heterocycles. The van der Waals surface area contributed by atoms with Gasteiger partial charge in [0.2, 0.25) is 5.91 Å². The fourth-order valence-corrected chi connectivity index (χ4v) is 8.91. The van der Waals surface area contributed by atoms with Crippen molar-refractivity contribution in [1.29, 1.82) is 0 Å². The molecule has 5 aromatic rings. The number of primary amides is 1. The lowest BCUT2D eigenvalue weighted by atomic mass is 9.84. The van der Waals surface area contributed by atoms with E-state index < -0.39 is 34.3 Å². The van der Waals surface area contributed by atoms with Crippen molar-refractivity contribution >= 4 is 45.6 Å². The van der Waals surface area contributed by atoms with Gasteiger partial charge in [0.25, 0.3) is 5.91 Å². The molecule has 0 saturated carbocycles. The molecule has 0 radical (unpaired) electrons. The first-order valence-electron chi connectivity index (χ1n) is 19.1. The number of carbonyl (C=O) groups is 3. The Labute approximate surface area is 347 Å². The van der Waals surface area contributed by atoms with Crippen molar-refractivity contribution in [3.8, 4) is 5.75 Å². The molecule has 4 N–H and O–H groups in total. The highest BCUT2D eigenvalue weighted by Crippen LogP contribution is 2.49. The standard InChI is InChI=1S/C46H49BrN4O5S/c1-45(2,3)56-44(54)50-51(28-14-30-57-46(33-15-7-4-8-16-33,34-17-9-5-10-18-34)35-19-11-6-12-20-35)40-27-29-55-41-37(40)21-13-22-38(41)43(53)49-39(42(48)52)31-32-23-25-36(47)26-24-32/h4-13,15-26,39-40H,14,27-31H2,1-3H3,(H2,48,52)(H,49,53)(H,50,54)/t39-,40-/m0/s1. The summed E-state index contributed by atoms with van der Waals surface area (Å²) < 4.78 is 12.3. The molecule has 2 atom stereocenters. The van der Waals surface area contributed by atoms with Crippen LogP contribution < -0.4 is 21.2 Å². The van der Waals surface area contributed by atoms with Crippen molar-refractivity contribution in [2.75, 3.05) is 18.9 Å². The number of fused-ring (bicyclic) bond motifs is 1. The Bertz CT molecular complexity index is 2020. The molecule has 0 spiro atoms. The minimum atomic E-state index is -0.938. The number of benzene rings is 5. The fourth-order valence-electron chi connectivity index (χ4n) is 7.16. The van der Waals surface area contributed by atoms with Crippen molar-refractivity contribution in [2.24, 2.45) is 5.73 Å². The zero-order valence-electron chi connectivity index (χ0n) is 32.5. The van der Waals surface area contributed by atoms with Crippen molar-refractivity contribution in [3.63, 3.8) is 0 Å². The molecule has 1 heterocycles. The summed E-state index contributed by atoms with van der Waals surface area (Å²) in [5, 5.41) is 4.74. The number of hydrazine groups is 1. The maximum atomic E-state index is 13.8. The van der Waals surface area contributed by atoms with E-state index in [1.54, 1.807) is 12.1 Å². The summed E-state index contributed by atoms with van der Waals surface area (Å²) >= 11 is 5.29. The Hall–Kier alpha value is -5.10. The van der Waals surface area contributed by atoms with E-state index in [1.165, 1.54) is 16.7 Å². The van der Waals surface area contributed by atoms with Gasteiger partial charge in [-0.15, -0.1) is 11.8 Å². The Morgan fingerprint density at radius 1 is 0.842 bits per heavy atom. The largest absolute Gasteiger partial charge is 0.492 e. The van der Waals surface area contributed by atoms with Gasteiger partial charge in [-0.25, -0.2) is 9.80 Å². The molecule has 57 heavy (non-hydrogen) atoms. The van der Waals surface area contributed by atoms with Crippen LogP contribution in [0.4, 0.5) is 4.79 Å². The van der Waals surface area contributed by atoms with Crippen LogP contribution in [0, 0.1) is 0 Å². The molecule has 11 heteroatoms. The van der Waals surface area contributed by atoms with Crippen LogP contribution >= 0.6 is 27.7 Å². The van der Waals surface area contributed by atoms with E-state index in [1.807, 2.05) is 86.1 Å². The van der Waals surface area contributed by atoms with Gasteiger partial charge in [-0.1, -0.05) is 131 Å². The highest BCUT2D eigenvalue weighted by atomic mass is 79.9. The minimum absolute atomic E-state index is 0.235. The molecule has 6 rings (SSSR count). The van der Waals surface area contributed by atoms with Gasteiger partial charge in [0.1, 0.15) is 17.4 Å². The topological polar surface area (TPSA) is 123 Å². The molecule has 1 aliphatic rings. The lowest BCUT2D eigenvalue weighted by Gasteiger charge is -2.37. The van der Waals surface area contributed by atoms with Crippen LogP contribution in [0.5, 0.6) is 5.75 Å². The van der Waals surface area contributed by atoms with Crippen LogP contribution in [0.2, 0.25) is 0 Å². The Kier molecular flexibility index (Phi) is 13.8. The third kappa shape index (κ3) is 10.5. The van der Waals surface area contributed by atoms with Crippen molar-refractivity contribution < 1.29 is 23.9 Å². The predicted molar refractivity (Wildman–Crippen MR) is 230 cm³/mol. The van der Waals surface area contributed by atoms with E-state index in [4.69, 9.17) is 15.2 Å². The first kappa shape index (κ1) is 41.5. The first-order valence-corrected chi connectivity index (χ1v) is 20.9. The number of nitrogens with zero attached hydrogens (tertiary/aromatic N) is 1. The molecule has 9 nitrogen and oxygen atoms in total. The first-order chi connectivity index (χ1) is 27.4. The number of amides is 3. The molecule has 0 fully saturated rings. The molecule has 0 aromatic heterocycles. The van der Waals surface area contributed by atoms with Gasteiger partial charge in [-0.2, -0.15) is 0 Å². The number of halogens is 1. The van der Waals surface area contributed by atoms with Crippen LogP contribution in [-0.4, -0.2) is 53.5 Å². The molecule has 3 amide bonds. The Balaban J connectivity index is 1.26. The number of hydrogen-bond donors (Lipinski definition) is 3. The van der Waals surface area contributed by atoms with E-state index in [9.17, 15) is 14.4 Å². The minimum Gasteiger partial charge on any atom is -0.492 e. The van der Waals surface area contributed by atoms with Crippen molar-refractivity contribution in [2.45, 2.75) is 62.5 Å². The van der Waals surface area contributed by atoms with Gasteiger partial charge in [-0.3, -0.25) is 15.0 Å². The van der Waals surface area contributed by atoms with Crippen LogP contribution in [0.3, 0.4) is 0 Å². The van der Waals surface area contributed by atoms with Gasteiger partial charge in [0.05, 0.1) is 23.0 Å². The Morgan fingerprint density at radius 2 is 1.42 bits per heavy atom. The lowest BCUT2D eigenvalue weighted by molar-refractivity contribution is -0.119. The quantitative estimate of drug-likeness (QED) is 0.0546. The molecule has 0 unspecified atom stereocenters. The average Bonchev–Trinajstić information content (AvgIpc) is 3.21. The Morgan fingerprint density at radius 3 is 1.96 bits per heavy atom. The predicted octanol–water partition coefficient (Wildman–Crippen LogP) is 8.96. The summed E-state index contributed by atoms with van der Waals surface area (Å²) in [7, 11) is 0.